The molecule has 0 fully saturated rings. The maximum atomic E-state index is 11.7. The average molecular weight is 306 g/mol. The topological polar surface area (TPSA) is 46.5 Å². The average Bonchev–Trinajstić information content (AvgIpc) is 2.43. The van der Waals surface area contributed by atoms with E-state index in [9.17, 15) is 9.59 Å². The van der Waals surface area contributed by atoms with Crippen molar-refractivity contribution in [2.45, 2.75) is 0 Å². The Bertz CT molecular complexity index is 646. The standard InChI is InChI=1S/C15H9Cl2NO2/c16-12-8-11(9-13(17)15(12)20)18-14(19)7-6-10-4-2-1-3-5-10/h1-9H. The maximum absolute atomic E-state index is 11.7. The van der Waals surface area contributed by atoms with Gasteiger partial charge in [0.25, 0.3) is 5.91 Å². The van der Waals surface area contributed by atoms with Crippen LogP contribution in [0.25, 0.3) is 6.08 Å². The fraction of sp³-hybridized carbons (Fsp3) is 0. The summed E-state index contributed by atoms with van der Waals surface area (Å²) in [5.41, 5.74) is 1.14. The number of amides is 1. The largest absolute Gasteiger partial charge is 0.287 e. The molecule has 5 heteroatoms. The highest BCUT2D eigenvalue weighted by Crippen LogP contribution is 2.19. The molecular weight excluding hydrogens is 297 g/mol. The van der Waals surface area contributed by atoms with Crippen molar-refractivity contribution in [1.82, 2.24) is 0 Å². The van der Waals surface area contributed by atoms with Crippen molar-refractivity contribution in [2.75, 3.05) is 0 Å². The predicted octanol–water partition coefficient (Wildman–Crippen LogP) is 3.50. The molecule has 0 N–H and O–H groups in total. The molecule has 0 saturated heterocycles. The van der Waals surface area contributed by atoms with Crippen molar-refractivity contribution in [3.05, 3.63) is 64.2 Å². The number of carbonyl (C=O) groups is 2. The number of ketones is 1. The SMILES string of the molecule is O=C(C=Cc1ccccc1)N=C1C=C(Cl)C(=O)C(Cl)=C1. The van der Waals surface area contributed by atoms with Crippen LogP contribution >= 0.6 is 23.2 Å². The Morgan fingerprint density at radius 1 is 1.05 bits per heavy atom. The first kappa shape index (κ1) is 14.4. The second-order valence-electron chi connectivity index (χ2n) is 3.93. The van der Waals surface area contributed by atoms with Gasteiger partial charge in [-0.3, -0.25) is 9.59 Å². The molecule has 1 aromatic rings. The van der Waals surface area contributed by atoms with E-state index in [4.69, 9.17) is 23.2 Å². The molecule has 0 radical (unpaired) electrons. The molecule has 20 heavy (non-hydrogen) atoms. The Labute approximate surface area is 125 Å². The monoisotopic (exact) mass is 305 g/mol. The number of Topliss-reactive ketones (excluding diaryl/α,β-unsaturated/α-hetero) is 1. The van der Waals surface area contributed by atoms with E-state index in [0.717, 1.165) is 5.56 Å². The number of hydrogen-bond donors (Lipinski definition) is 0. The number of carbonyl (C=O) groups excluding carboxylic acids is 2. The highest BCUT2D eigenvalue weighted by Gasteiger charge is 2.17. The first-order chi connectivity index (χ1) is 9.56. The lowest BCUT2D eigenvalue weighted by molar-refractivity contribution is -0.113. The first-order valence-electron chi connectivity index (χ1n) is 5.71. The minimum absolute atomic E-state index is 0.0592. The molecule has 1 amide bonds. The van der Waals surface area contributed by atoms with Crippen LogP contribution in [-0.4, -0.2) is 17.4 Å². The van der Waals surface area contributed by atoms with Crippen LogP contribution in [0, 0.1) is 0 Å². The summed E-state index contributed by atoms with van der Waals surface area (Å²) in [4.78, 5) is 26.8. The summed E-state index contributed by atoms with van der Waals surface area (Å²) in [5, 5.41) is -0.118. The van der Waals surface area contributed by atoms with E-state index in [-0.39, 0.29) is 15.8 Å². The Balaban J connectivity index is 2.14. The zero-order valence-corrected chi connectivity index (χ0v) is 11.7. The van der Waals surface area contributed by atoms with Gasteiger partial charge in [-0.25, -0.2) is 4.99 Å². The fourth-order valence-electron chi connectivity index (χ4n) is 1.51. The summed E-state index contributed by atoms with van der Waals surface area (Å²) < 4.78 is 0. The Morgan fingerprint density at radius 3 is 2.25 bits per heavy atom. The number of allylic oxidation sites excluding steroid dienone is 4. The third-order valence-corrected chi connectivity index (χ3v) is 3.00. The van der Waals surface area contributed by atoms with Crippen molar-refractivity contribution in [3.8, 4) is 0 Å². The molecule has 1 aliphatic carbocycles. The Morgan fingerprint density at radius 2 is 1.65 bits per heavy atom. The molecule has 0 spiro atoms. The molecule has 0 atom stereocenters. The zero-order valence-electron chi connectivity index (χ0n) is 10.2. The number of benzene rings is 1. The van der Waals surface area contributed by atoms with Gasteiger partial charge in [0.1, 0.15) is 0 Å². The van der Waals surface area contributed by atoms with Gasteiger partial charge in [-0.1, -0.05) is 53.5 Å². The van der Waals surface area contributed by atoms with Crippen LogP contribution in [-0.2, 0) is 9.59 Å². The number of aliphatic imine (C=N–C) groups is 1. The summed E-state index contributed by atoms with van der Waals surface area (Å²) >= 11 is 11.4. The highest BCUT2D eigenvalue weighted by atomic mass is 35.5. The molecule has 1 aliphatic rings. The minimum Gasteiger partial charge on any atom is -0.287 e. The van der Waals surface area contributed by atoms with Crippen molar-refractivity contribution in [3.63, 3.8) is 0 Å². The number of rotatable bonds is 2. The van der Waals surface area contributed by atoms with E-state index in [0.29, 0.717) is 0 Å². The van der Waals surface area contributed by atoms with Crippen LogP contribution in [0.1, 0.15) is 5.56 Å². The van der Waals surface area contributed by atoms with Gasteiger partial charge in [-0.15, -0.1) is 0 Å². The van der Waals surface area contributed by atoms with Crippen LogP contribution in [0.3, 0.4) is 0 Å². The predicted molar refractivity (Wildman–Crippen MR) is 80.8 cm³/mol. The van der Waals surface area contributed by atoms with E-state index in [1.54, 1.807) is 6.08 Å². The summed E-state index contributed by atoms with van der Waals surface area (Å²) in [6, 6.07) is 9.35. The number of nitrogens with zero attached hydrogens (tertiary/aromatic N) is 1. The van der Waals surface area contributed by atoms with Crippen LogP contribution in [0.5, 0.6) is 0 Å². The maximum Gasteiger partial charge on any atom is 0.270 e. The molecule has 2 rings (SSSR count). The normalized spacial score (nSPS) is 15.1. The molecule has 0 heterocycles. The van der Waals surface area contributed by atoms with Crippen LogP contribution < -0.4 is 0 Å². The lowest BCUT2D eigenvalue weighted by atomic mass is 10.1. The molecule has 0 unspecified atom stereocenters. The van der Waals surface area contributed by atoms with Gasteiger partial charge < -0.3 is 0 Å². The van der Waals surface area contributed by atoms with E-state index >= 15 is 0 Å². The summed E-state index contributed by atoms with van der Waals surface area (Å²) in [6.07, 6.45) is 5.60. The quantitative estimate of drug-likeness (QED) is 0.620. The van der Waals surface area contributed by atoms with Crippen LogP contribution in [0.15, 0.2) is 63.6 Å². The minimum atomic E-state index is -0.473. The summed E-state index contributed by atoms with van der Waals surface area (Å²) in [6.45, 7) is 0. The van der Waals surface area contributed by atoms with Crippen LogP contribution in [0.4, 0.5) is 0 Å². The zero-order chi connectivity index (χ0) is 14.5. The van der Waals surface area contributed by atoms with E-state index in [1.807, 2.05) is 30.3 Å². The second-order valence-corrected chi connectivity index (χ2v) is 4.75. The molecule has 1 aromatic carbocycles. The molecular formula is C15H9Cl2NO2. The number of halogens is 2. The third kappa shape index (κ3) is 3.76. The molecule has 100 valence electrons. The van der Waals surface area contributed by atoms with Crippen molar-refractivity contribution in [2.24, 2.45) is 4.99 Å². The van der Waals surface area contributed by atoms with Gasteiger partial charge in [0.05, 0.1) is 15.8 Å². The molecule has 0 saturated carbocycles. The Kier molecular flexibility index (Phi) is 4.66. The lowest BCUT2D eigenvalue weighted by Gasteiger charge is -2.04. The van der Waals surface area contributed by atoms with E-state index in [1.165, 1.54) is 18.2 Å². The van der Waals surface area contributed by atoms with Crippen molar-refractivity contribution in [1.29, 1.82) is 0 Å². The van der Waals surface area contributed by atoms with E-state index in [2.05, 4.69) is 4.99 Å². The lowest BCUT2D eigenvalue weighted by Crippen LogP contribution is -2.09. The summed E-state index contributed by atoms with van der Waals surface area (Å²) in [5.74, 6) is -0.931. The van der Waals surface area contributed by atoms with Gasteiger partial charge in [0.2, 0.25) is 5.78 Å². The van der Waals surface area contributed by atoms with E-state index < -0.39 is 11.7 Å². The van der Waals surface area contributed by atoms with Gasteiger partial charge >= 0.3 is 0 Å². The molecule has 0 bridgehead atoms. The fourth-order valence-corrected chi connectivity index (χ4v) is 1.98. The number of hydrogen-bond acceptors (Lipinski definition) is 2. The van der Waals surface area contributed by atoms with Crippen molar-refractivity contribution >= 4 is 46.7 Å². The van der Waals surface area contributed by atoms with Crippen LogP contribution in [0.2, 0.25) is 0 Å². The third-order valence-electron chi connectivity index (χ3n) is 2.44. The van der Waals surface area contributed by atoms with Gasteiger partial charge in [0, 0.05) is 6.08 Å². The molecule has 0 aromatic heterocycles. The van der Waals surface area contributed by atoms with Gasteiger partial charge in [-0.2, -0.15) is 0 Å². The molecule has 0 aliphatic heterocycles. The smallest absolute Gasteiger partial charge is 0.270 e. The van der Waals surface area contributed by atoms with Gasteiger partial charge in [-0.05, 0) is 23.8 Å². The Hall–Kier alpha value is -1.97. The first-order valence-corrected chi connectivity index (χ1v) is 6.47. The van der Waals surface area contributed by atoms with Crippen molar-refractivity contribution < 1.29 is 9.59 Å². The second kappa shape index (κ2) is 6.46. The highest BCUT2D eigenvalue weighted by molar-refractivity contribution is 6.57. The molecule has 3 nitrogen and oxygen atoms in total. The van der Waals surface area contributed by atoms with Gasteiger partial charge in [0.15, 0.2) is 0 Å². The summed E-state index contributed by atoms with van der Waals surface area (Å²) in [7, 11) is 0.